The molecule has 1 amide bonds. The smallest absolute Gasteiger partial charge is 0.263 e. The molecule has 0 aliphatic carbocycles. The van der Waals surface area contributed by atoms with Gasteiger partial charge in [-0.25, -0.2) is 13.8 Å². The van der Waals surface area contributed by atoms with Crippen molar-refractivity contribution in [1.29, 1.82) is 0 Å². The lowest BCUT2D eigenvalue weighted by atomic mass is 10.0. The minimum atomic E-state index is -1.92. The van der Waals surface area contributed by atoms with Crippen molar-refractivity contribution in [3.05, 3.63) is 102 Å². The molecule has 0 atom stereocenters. The highest BCUT2D eigenvalue weighted by molar-refractivity contribution is 7.80. The van der Waals surface area contributed by atoms with Crippen molar-refractivity contribution in [2.75, 3.05) is 12.4 Å². The van der Waals surface area contributed by atoms with Crippen LogP contribution in [0.3, 0.4) is 0 Å². The van der Waals surface area contributed by atoms with E-state index in [0.29, 0.717) is 22.7 Å². The topological polar surface area (TPSA) is 76.4 Å². The Labute approximate surface area is 224 Å². The maximum Gasteiger partial charge on any atom is 0.263 e. The van der Waals surface area contributed by atoms with E-state index in [1.54, 1.807) is 18.2 Å². The fraction of sp³-hybridized carbons (Fsp3) is 0.0357. The molecule has 0 saturated heterocycles. The molecule has 0 saturated carbocycles. The van der Waals surface area contributed by atoms with Crippen LogP contribution in [-0.2, 0) is 0 Å². The second-order valence-corrected chi connectivity index (χ2v) is 8.63. The third-order valence-electron chi connectivity index (χ3n) is 5.77. The lowest BCUT2D eigenvalue weighted by Crippen LogP contribution is -2.35. The highest BCUT2D eigenvalue weighted by Gasteiger charge is 2.30. The number of anilines is 1. The SMILES string of the molecule is COc1c(F)c(F)c(C(=O)NC(=S)Nc2ccc3oc(-c4ccc(-c5ccccc5)cc4)nc3c2)c(F)c1F. The first-order valence-electron chi connectivity index (χ1n) is 11.4. The van der Waals surface area contributed by atoms with Crippen LogP contribution in [0, 0.1) is 23.3 Å². The van der Waals surface area contributed by atoms with Crippen LogP contribution in [0.4, 0.5) is 23.2 Å². The van der Waals surface area contributed by atoms with Crippen molar-refractivity contribution in [2.24, 2.45) is 0 Å². The third-order valence-corrected chi connectivity index (χ3v) is 5.97. The van der Waals surface area contributed by atoms with Gasteiger partial charge in [-0.15, -0.1) is 0 Å². The zero-order chi connectivity index (χ0) is 27.7. The molecule has 1 heterocycles. The molecular formula is C28H17F4N3O3S. The molecule has 0 aliphatic rings. The van der Waals surface area contributed by atoms with E-state index in [0.717, 1.165) is 23.8 Å². The molecule has 5 aromatic rings. The van der Waals surface area contributed by atoms with E-state index >= 15 is 0 Å². The van der Waals surface area contributed by atoms with Crippen LogP contribution in [0.15, 0.2) is 77.2 Å². The molecule has 0 unspecified atom stereocenters. The number of nitrogens with zero attached hydrogens (tertiary/aromatic N) is 1. The number of thiocarbonyl (C=S) groups is 1. The molecule has 0 spiro atoms. The lowest BCUT2D eigenvalue weighted by molar-refractivity contribution is 0.0966. The zero-order valence-corrected chi connectivity index (χ0v) is 20.8. The maximum atomic E-state index is 14.2. The number of halogens is 4. The van der Waals surface area contributed by atoms with Crippen molar-refractivity contribution in [2.45, 2.75) is 0 Å². The number of hydrogen-bond donors (Lipinski definition) is 2. The Morgan fingerprint density at radius 2 is 1.46 bits per heavy atom. The molecule has 0 bridgehead atoms. The van der Waals surface area contributed by atoms with Gasteiger partial charge in [-0.05, 0) is 53.7 Å². The number of oxazole rings is 1. The van der Waals surface area contributed by atoms with Crippen LogP contribution in [0.5, 0.6) is 5.75 Å². The van der Waals surface area contributed by atoms with E-state index in [2.05, 4.69) is 15.0 Å². The van der Waals surface area contributed by atoms with Gasteiger partial charge in [-0.2, -0.15) is 8.78 Å². The first-order valence-corrected chi connectivity index (χ1v) is 11.8. The predicted octanol–water partition coefficient (Wildman–Crippen LogP) is 6.85. The number of ether oxygens (including phenoxy) is 1. The molecular weight excluding hydrogens is 534 g/mol. The Balaban J connectivity index is 1.31. The normalized spacial score (nSPS) is 10.9. The Hall–Kier alpha value is -4.77. The molecule has 4 aromatic carbocycles. The standard InChI is InChI=1S/C28H17F4N3O3S/c1-37-25-23(31)21(29)20(22(30)24(25)32)26(36)35-28(39)33-17-11-12-19-18(13-17)34-27(38-19)16-9-7-15(8-10-16)14-5-3-2-4-6-14/h2-13H,1H3,(H2,33,35,36,39). The van der Waals surface area contributed by atoms with Gasteiger partial charge < -0.3 is 14.5 Å². The number of rotatable bonds is 5. The highest BCUT2D eigenvalue weighted by atomic mass is 32.1. The summed E-state index contributed by atoms with van der Waals surface area (Å²) in [7, 11) is 0.829. The van der Waals surface area contributed by atoms with Gasteiger partial charge in [0.25, 0.3) is 5.91 Å². The first-order chi connectivity index (χ1) is 18.8. The van der Waals surface area contributed by atoms with Gasteiger partial charge in [0.05, 0.1) is 7.11 Å². The second-order valence-electron chi connectivity index (χ2n) is 8.22. The molecule has 0 aliphatic heterocycles. The van der Waals surface area contributed by atoms with Gasteiger partial charge >= 0.3 is 0 Å². The van der Waals surface area contributed by atoms with Crippen LogP contribution >= 0.6 is 12.2 Å². The van der Waals surface area contributed by atoms with Gasteiger partial charge in [0.1, 0.15) is 11.1 Å². The van der Waals surface area contributed by atoms with Crippen molar-refractivity contribution >= 4 is 40.0 Å². The number of fused-ring (bicyclic) bond motifs is 1. The number of hydrogen-bond acceptors (Lipinski definition) is 5. The van der Waals surface area contributed by atoms with Crippen molar-refractivity contribution in [3.63, 3.8) is 0 Å². The van der Waals surface area contributed by atoms with Crippen LogP contribution in [0.1, 0.15) is 10.4 Å². The van der Waals surface area contributed by atoms with Crippen LogP contribution in [0.25, 0.3) is 33.7 Å². The third kappa shape index (κ3) is 5.04. The maximum absolute atomic E-state index is 14.2. The molecule has 196 valence electrons. The van der Waals surface area contributed by atoms with Crippen LogP contribution < -0.4 is 15.4 Å². The first kappa shape index (κ1) is 25.9. The van der Waals surface area contributed by atoms with Crippen LogP contribution in [0.2, 0.25) is 0 Å². The van der Waals surface area contributed by atoms with Gasteiger partial charge in [-0.3, -0.25) is 10.1 Å². The van der Waals surface area contributed by atoms with Gasteiger partial charge in [0.15, 0.2) is 28.1 Å². The van der Waals surface area contributed by atoms with Gasteiger partial charge in [0, 0.05) is 11.3 Å². The summed E-state index contributed by atoms with van der Waals surface area (Å²) < 4.78 is 66.6. The summed E-state index contributed by atoms with van der Waals surface area (Å²) in [5, 5.41) is 4.28. The zero-order valence-electron chi connectivity index (χ0n) is 20.0. The molecule has 0 fully saturated rings. The molecule has 6 nitrogen and oxygen atoms in total. The largest absolute Gasteiger partial charge is 0.491 e. The Bertz CT molecular complexity index is 1700. The van der Waals surface area contributed by atoms with Crippen molar-refractivity contribution in [1.82, 2.24) is 10.3 Å². The van der Waals surface area contributed by atoms with E-state index in [-0.39, 0.29) is 5.11 Å². The van der Waals surface area contributed by atoms with Gasteiger partial charge in [-0.1, -0.05) is 42.5 Å². The number of amides is 1. The summed E-state index contributed by atoms with van der Waals surface area (Å²) in [6, 6.07) is 22.3. The van der Waals surface area contributed by atoms with Crippen molar-refractivity contribution < 1.29 is 31.5 Å². The molecule has 1 aromatic heterocycles. The predicted molar refractivity (Wildman–Crippen MR) is 141 cm³/mol. The fourth-order valence-corrected chi connectivity index (χ4v) is 4.09. The van der Waals surface area contributed by atoms with E-state index < -0.39 is 40.5 Å². The number of carbonyl (C=O) groups is 1. The lowest BCUT2D eigenvalue weighted by Gasteiger charge is -2.12. The minimum Gasteiger partial charge on any atom is -0.491 e. The fourth-order valence-electron chi connectivity index (χ4n) is 3.88. The van der Waals surface area contributed by atoms with Gasteiger partial charge in [0.2, 0.25) is 17.5 Å². The molecule has 39 heavy (non-hydrogen) atoms. The van der Waals surface area contributed by atoms with Crippen LogP contribution in [-0.4, -0.2) is 23.1 Å². The summed E-state index contributed by atoms with van der Waals surface area (Å²) >= 11 is 5.03. The van der Waals surface area contributed by atoms with Crippen molar-refractivity contribution in [3.8, 4) is 28.3 Å². The molecule has 0 radical (unpaired) electrons. The number of aromatic nitrogens is 1. The van der Waals surface area contributed by atoms with E-state index in [1.807, 2.05) is 59.9 Å². The van der Waals surface area contributed by atoms with E-state index in [1.165, 1.54) is 0 Å². The highest BCUT2D eigenvalue weighted by Crippen LogP contribution is 2.30. The number of benzene rings is 4. The molecule has 11 heteroatoms. The number of methoxy groups -OCH3 is 1. The summed E-state index contributed by atoms with van der Waals surface area (Å²) in [5.41, 5.74) is 2.69. The molecule has 2 N–H and O–H groups in total. The Morgan fingerprint density at radius 3 is 2.10 bits per heavy atom. The summed E-state index contributed by atoms with van der Waals surface area (Å²) in [6.45, 7) is 0. The van der Waals surface area contributed by atoms with E-state index in [9.17, 15) is 22.4 Å². The van der Waals surface area contributed by atoms with E-state index in [4.69, 9.17) is 16.6 Å². The summed E-state index contributed by atoms with van der Waals surface area (Å²) in [5.74, 6) is -9.92. The average molecular weight is 552 g/mol. The quantitative estimate of drug-likeness (QED) is 0.141. The molecule has 5 rings (SSSR count). The second kappa shape index (κ2) is 10.5. The Morgan fingerprint density at radius 1 is 0.846 bits per heavy atom. The monoisotopic (exact) mass is 551 g/mol. The Kier molecular flexibility index (Phi) is 6.99. The minimum absolute atomic E-state index is 0.361. The number of carbonyl (C=O) groups excluding carboxylic acids is 1. The summed E-state index contributed by atoms with van der Waals surface area (Å²) in [4.78, 5) is 16.8. The summed E-state index contributed by atoms with van der Waals surface area (Å²) in [6.07, 6.45) is 0. The average Bonchev–Trinajstić information content (AvgIpc) is 3.36. The number of nitrogens with one attached hydrogen (secondary N) is 2.